The quantitative estimate of drug-likeness (QED) is 0.512. The largest absolute Gasteiger partial charge is 0.483 e. The summed E-state index contributed by atoms with van der Waals surface area (Å²) in [6.45, 7) is 7.76. The van der Waals surface area contributed by atoms with Crippen LogP contribution in [0.15, 0.2) is 45.6 Å². The smallest absolute Gasteiger partial charge is 0.336 e. The number of aliphatic hydroxyl groups excluding tert-OH is 1. The fourth-order valence-corrected chi connectivity index (χ4v) is 2.81. The van der Waals surface area contributed by atoms with Crippen LogP contribution in [0.3, 0.4) is 0 Å². The molecule has 1 aromatic carbocycles. The van der Waals surface area contributed by atoms with Gasteiger partial charge in [0.1, 0.15) is 29.6 Å². The minimum absolute atomic E-state index is 0.119. The van der Waals surface area contributed by atoms with Crippen molar-refractivity contribution >= 4 is 11.0 Å². The van der Waals surface area contributed by atoms with Crippen LogP contribution in [0.4, 0.5) is 0 Å². The molecule has 0 aliphatic carbocycles. The van der Waals surface area contributed by atoms with Crippen LogP contribution in [0.25, 0.3) is 11.0 Å². The van der Waals surface area contributed by atoms with Crippen molar-refractivity contribution in [3.05, 3.63) is 52.4 Å². The number of aliphatic hydroxyl groups is 1. The standard InChI is InChI=1S/C22H24O5/c1-14-11-21(24)27-19-12-16(5-7-17(14)19)26-18-8-6-15(25-20(18)13-23)9-10-22(2,3)4/h5-8,11-12,15,18,20,23H,13H2,1-4H3/t15-,18-,20+/m0/s1. The van der Waals surface area contributed by atoms with Crippen LogP contribution in [-0.2, 0) is 4.74 Å². The molecular weight excluding hydrogens is 344 g/mol. The van der Waals surface area contributed by atoms with Crippen LogP contribution < -0.4 is 10.4 Å². The van der Waals surface area contributed by atoms with Crippen LogP contribution in [0.1, 0.15) is 26.3 Å². The van der Waals surface area contributed by atoms with Gasteiger partial charge in [0, 0.05) is 22.9 Å². The maximum atomic E-state index is 11.6. The van der Waals surface area contributed by atoms with E-state index in [2.05, 4.69) is 11.8 Å². The van der Waals surface area contributed by atoms with E-state index < -0.39 is 17.8 Å². The Kier molecular flexibility index (Phi) is 5.41. The summed E-state index contributed by atoms with van der Waals surface area (Å²) in [5.74, 6) is 6.75. The molecule has 1 aliphatic heterocycles. The third kappa shape index (κ3) is 4.79. The fourth-order valence-electron chi connectivity index (χ4n) is 2.81. The molecule has 5 nitrogen and oxygen atoms in total. The first kappa shape index (κ1) is 19.2. The second kappa shape index (κ2) is 7.59. The van der Waals surface area contributed by atoms with Gasteiger partial charge >= 0.3 is 5.63 Å². The summed E-state index contributed by atoms with van der Waals surface area (Å²) in [7, 11) is 0. The van der Waals surface area contributed by atoms with Gasteiger partial charge in [-0.3, -0.25) is 0 Å². The van der Waals surface area contributed by atoms with E-state index in [0.29, 0.717) is 11.3 Å². The second-order valence-corrected chi connectivity index (χ2v) is 7.67. The highest BCUT2D eigenvalue weighted by Gasteiger charge is 2.28. The molecule has 0 unspecified atom stereocenters. The van der Waals surface area contributed by atoms with Gasteiger partial charge in [-0.2, -0.15) is 0 Å². The predicted octanol–water partition coefficient (Wildman–Crippen LogP) is 3.21. The Morgan fingerprint density at radius 3 is 2.70 bits per heavy atom. The molecule has 2 heterocycles. The Labute approximate surface area is 158 Å². The number of ether oxygens (including phenoxy) is 2. The summed E-state index contributed by atoms with van der Waals surface area (Å²) in [5, 5.41) is 10.5. The van der Waals surface area contributed by atoms with E-state index in [-0.39, 0.29) is 18.1 Å². The zero-order valence-electron chi connectivity index (χ0n) is 16.0. The Morgan fingerprint density at radius 2 is 2.00 bits per heavy atom. The monoisotopic (exact) mass is 368 g/mol. The van der Waals surface area contributed by atoms with E-state index in [1.807, 2.05) is 52.0 Å². The van der Waals surface area contributed by atoms with Gasteiger partial charge in [0.15, 0.2) is 0 Å². The molecule has 0 saturated carbocycles. The van der Waals surface area contributed by atoms with Crippen LogP contribution in [-0.4, -0.2) is 30.0 Å². The summed E-state index contributed by atoms with van der Waals surface area (Å²) in [5.41, 5.74) is 0.799. The molecule has 142 valence electrons. The van der Waals surface area contributed by atoms with E-state index >= 15 is 0 Å². The number of aryl methyl sites for hydroxylation is 1. The summed E-state index contributed by atoms with van der Waals surface area (Å²) >= 11 is 0. The van der Waals surface area contributed by atoms with E-state index in [4.69, 9.17) is 13.9 Å². The molecule has 0 radical (unpaired) electrons. The molecule has 0 amide bonds. The average Bonchev–Trinajstić information content (AvgIpc) is 2.59. The van der Waals surface area contributed by atoms with Gasteiger partial charge in [0.25, 0.3) is 0 Å². The highest BCUT2D eigenvalue weighted by molar-refractivity contribution is 5.81. The van der Waals surface area contributed by atoms with Gasteiger partial charge < -0.3 is 19.0 Å². The number of benzene rings is 1. The molecule has 5 heteroatoms. The van der Waals surface area contributed by atoms with Gasteiger partial charge in [-0.15, -0.1) is 0 Å². The molecule has 1 aliphatic rings. The van der Waals surface area contributed by atoms with E-state index in [9.17, 15) is 9.90 Å². The Balaban J connectivity index is 1.81. The van der Waals surface area contributed by atoms with Crippen molar-refractivity contribution in [1.29, 1.82) is 0 Å². The van der Waals surface area contributed by atoms with E-state index in [0.717, 1.165) is 10.9 Å². The zero-order valence-corrected chi connectivity index (χ0v) is 16.0. The molecule has 3 rings (SSSR count). The Morgan fingerprint density at radius 1 is 1.22 bits per heavy atom. The van der Waals surface area contributed by atoms with Gasteiger partial charge in [0.2, 0.25) is 0 Å². The van der Waals surface area contributed by atoms with Crippen molar-refractivity contribution in [3.63, 3.8) is 0 Å². The SMILES string of the molecule is Cc1cc(=O)oc2cc(O[C@H]3C=C[C@@H](C#CC(C)(C)C)O[C@@H]3CO)ccc12. The Bertz CT molecular complexity index is 968. The van der Waals surface area contributed by atoms with Crippen molar-refractivity contribution in [3.8, 4) is 17.6 Å². The lowest BCUT2D eigenvalue weighted by molar-refractivity contribution is -0.0549. The summed E-state index contributed by atoms with van der Waals surface area (Å²) < 4.78 is 17.0. The number of hydrogen-bond acceptors (Lipinski definition) is 5. The molecule has 2 aromatic rings. The second-order valence-electron chi connectivity index (χ2n) is 7.67. The normalized spacial score (nSPS) is 22.3. The third-order valence-electron chi connectivity index (χ3n) is 4.13. The average molecular weight is 368 g/mol. The minimum Gasteiger partial charge on any atom is -0.483 e. The van der Waals surface area contributed by atoms with Gasteiger partial charge in [0.05, 0.1) is 6.61 Å². The first-order valence-electron chi connectivity index (χ1n) is 8.94. The lowest BCUT2D eigenvalue weighted by atomic mass is 9.97. The molecule has 1 N–H and O–H groups in total. The van der Waals surface area contributed by atoms with Crippen LogP contribution in [0.2, 0.25) is 0 Å². The van der Waals surface area contributed by atoms with Crippen molar-refractivity contribution in [2.75, 3.05) is 6.61 Å². The predicted molar refractivity (Wildman–Crippen MR) is 104 cm³/mol. The highest BCUT2D eigenvalue weighted by Crippen LogP contribution is 2.25. The molecule has 0 spiro atoms. The maximum absolute atomic E-state index is 11.6. The summed E-state index contributed by atoms with van der Waals surface area (Å²) in [6.07, 6.45) is 2.31. The first-order chi connectivity index (χ1) is 12.7. The van der Waals surface area contributed by atoms with Crippen molar-refractivity contribution in [1.82, 2.24) is 0 Å². The summed E-state index contributed by atoms with van der Waals surface area (Å²) in [4.78, 5) is 11.6. The molecular formula is C22H24O5. The fraction of sp³-hybridized carbons (Fsp3) is 0.409. The lowest BCUT2D eigenvalue weighted by Gasteiger charge is -2.29. The molecule has 0 saturated heterocycles. The number of rotatable bonds is 3. The molecule has 1 aromatic heterocycles. The number of hydrogen-bond donors (Lipinski definition) is 1. The van der Waals surface area contributed by atoms with Crippen molar-refractivity contribution in [2.24, 2.45) is 5.41 Å². The van der Waals surface area contributed by atoms with Crippen molar-refractivity contribution < 1.29 is 19.0 Å². The van der Waals surface area contributed by atoms with Gasteiger partial charge in [-0.1, -0.05) is 11.8 Å². The third-order valence-corrected chi connectivity index (χ3v) is 4.13. The first-order valence-corrected chi connectivity index (χ1v) is 8.94. The van der Waals surface area contributed by atoms with Gasteiger partial charge in [-0.25, -0.2) is 4.79 Å². The topological polar surface area (TPSA) is 68.9 Å². The maximum Gasteiger partial charge on any atom is 0.336 e. The molecule has 27 heavy (non-hydrogen) atoms. The molecule has 0 bridgehead atoms. The van der Waals surface area contributed by atoms with Crippen LogP contribution >= 0.6 is 0 Å². The van der Waals surface area contributed by atoms with Crippen LogP contribution in [0, 0.1) is 24.2 Å². The minimum atomic E-state index is -0.533. The van der Waals surface area contributed by atoms with E-state index in [1.54, 1.807) is 6.07 Å². The van der Waals surface area contributed by atoms with Crippen LogP contribution in [0.5, 0.6) is 5.75 Å². The highest BCUT2D eigenvalue weighted by atomic mass is 16.6. The number of fused-ring (bicyclic) bond motifs is 1. The van der Waals surface area contributed by atoms with Crippen molar-refractivity contribution in [2.45, 2.75) is 46.0 Å². The molecule has 0 fully saturated rings. The molecule has 3 atom stereocenters. The lowest BCUT2D eigenvalue weighted by Crippen LogP contribution is -2.41. The Hall–Kier alpha value is -2.55. The summed E-state index contributed by atoms with van der Waals surface area (Å²) in [6, 6.07) is 6.80. The van der Waals surface area contributed by atoms with Gasteiger partial charge in [-0.05, 0) is 57.5 Å². The zero-order chi connectivity index (χ0) is 19.6. The van der Waals surface area contributed by atoms with E-state index in [1.165, 1.54) is 6.07 Å².